The third-order valence-electron chi connectivity index (χ3n) is 3.75. The number of nitrogens with zero attached hydrogens (tertiary/aromatic N) is 3. The molecule has 0 radical (unpaired) electrons. The fourth-order valence-corrected chi connectivity index (χ4v) is 2.48. The van der Waals surface area contributed by atoms with Gasteiger partial charge >= 0.3 is 0 Å². The quantitative estimate of drug-likeness (QED) is 0.371. The molecule has 1 fully saturated rings. The van der Waals surface area contributed by atoms with Gasteiger partial charge in [-0.25, -0.2) is 0 Å². The van der Waals surface area contributed by atoms with Crippen molar-refractivity contribution in [3.8, 4) is 5.75 Å². The van der Waals surface area contributed by atoms with Crippen LogP contribution in [0.25, 0.3) is 0 Å². The molecular weight excluding hydrogens is 256 g/mol. The number of oxime groups is 1. The smallest absolute Gasteiger partial charge is 0.172 e. The van der Waals surface area contributed by atoms with Crippen LogP contribution in [0.2, 0.25) is 0 Å². The van der Waals surface area contributed by atoms with E-state index in [2.05, 4.69) is 21.9 Å². The molecular formula is C14H22N4O2. The molecule has 1 aromatic carbocycles. The lowest BCUT2D eigenvalue weighted by atomic mass is 10.1. The molecule has 110 valence electrons. The van der Waals surface area contributed by atoms with E-state index in [0.29, 0.717) is 0 Å². The third-order valence-corrected chi connectivity index (χ3v) is 3.75. The van der Waals surface area contributed by atoms with Crippen LogP contribution < -0.4 is 15.4 Å². The van der Waals surface area contributed by atoms with Gasteiger partial charge in [0.15, 0.2) is 5.84 Å². The van der Waals surface area contributed by atoms with Crippen LogP contribution in [0.5, 0.6) is 5.75 Å². The molecule has 0 saturated carbocycles. The number of methoxy groups -OCH3 is 1. The minimum absolute atomic E-state index is 0.126. The number of amidine groups is 1. The standard InChI is InChI=1S/C14H22N4O2/c1-3-17-6-8-18(9-7-17)13-10-11(20-2)4-5-12(13)14(15)16-19/h4-5,10,19H,3,6-9H2,1-2H3,(H2,15,16). The van der Waals surface area contributed by atoms with Gasteiger partial charge in [-0.1, -0.05) is 12.1 Å². The molecule has 0 aromatic heterocycles. The zero-order valence-electron chi connectivity index (χ0n) is 12.0. The minimum Gasteiger partial charge on any atom is -0.497 e. The van der Waals surface area contributed by atoms with Crippen LogP contribution in [0, 0.1) is 0 Å². The Labute approximate surface area is 119 Å². The summed E-state index contributed by atoms with van der Waals surface area (Å²) in [5.41, 5.74) is 7.46. The number of nitrogens with two attached hydrogens (primary N) is 1. The third kappa shape index (κ3) is 2.96. The van der Waals surface area contributed by atoms with Crippen LogP contribution in [0.1, 0.15) is 12.5 Å². The van der Waals surface area contributed by atoms with Crippen molar-refractivity contribution in [2.75, 3.05) is 44.7 Å². The van der Waals surface area contributed by atoms with E-state index in [9.17, 15) is 0 Å². The van der Waals surface area contributed by atoms with Gasteiger partial charge in [0.25, 0.3) is 0 Å². The summed E-state index contributed by atoms with van der Waals surface area (Å²) in [5.74, 6) is 0.896. The Morgan fingerprint density at radius 2 is 2.05 bits per heavy atom. The monoisotopic (exact) mass is 278 g/mol. The van der Waals surface area contributed by atoms with E-state index >= 15 is 0 Å². The maximum absolute atomic E-state index is 8.92. The van der Waals surface area contributed by atoms with Gasteiger partial charge in [-0.15, -0.1) is 0 Å². The van der Waals surface area contributed by atoms with Crippen molar-refractivity contribution in [2.24, 2.45) is 10.9 Å². The first-order chi connectivity index (χ1) is 9.69. The Balaban J connectivity index is 2.29. The molecule has 0 bridgehead atoms. The highest BCUT2D eigenvalue weighted by molar-refractivity contribution is 6.02. The topological polar surface area (TPSA) is 74.3 Å². The fourth-order valence-electron chi connectivity index (χ4n) is 2.48. The normalized spacial score (nSPS) is 17.3. The molecule has 0 atom stereocenters. The summed E-state index contributed by atoms with van der Waals surface area (Å²) in [6, 6.07) is 5.59. The number of benzene rings is 1. The van der Waals surface area contributed by atoms with E-state index in [-0.39, 0.29) is 5.84 Å². The highest BCUT2D eigenvalue weighted by Gasteiger charge is 2.20. The Hall–Kier alpha value is -1.95. The fraction of sp³-hybridized carbons (Fsp3) is 0.500. The van der Waals surface area contributed by atoms with Crippen molar-refractivity contribution in [3.63, 3.8) is 0 Å². The van der Waals surface area contributed by atoms with Gasteiger partial charge in [-0.3, -0.25) is 0 Å². The van der Waals surface area contributed by atoms with E-state index in [0.717, 1.165) is 49.7 Å². The first-order valence-electron chi connectivity index (χ1n) is 6.82. The van der Waals surface area contributed by atoms with E-state index < -0.39 is 0 Å². The summed E-state index contributed by atoms with van der Waals surface area (Å²) >= 11 is 0. The Morgan fingerprint density at radius 1 is 1.35 bits per heavy atom. The number of hydrogen-bond acceptors (Lipinski definition) is 5. The van der Waals surface area contributed by atoms with Crippen molar-refractivity contribution in [3.05, 3.63) is 23.8 Å². The van der Waals surface area contributed by atoms with Gasteiger partial charge in [0.1, 0.15) is 5.75 Å². The lowest BCUT2D eigenvalue weighted by Gasteiger charge is -2.36. The highest BCUT2D eigenvalue weighted by Crippen LogP contribution is 2.27. The van der Waals surface area contributed by atoms with Gasteiger partial charge in [-0.05, 0) is 18.7 Å². The van der Waals surface area contributed by atoms with Gasteiger partial charge in [0, 0.05) is 37.8 Å². The molecule has 6 nitrogen and oxygen atoms in total. The summed E-state index contributed by atoms with van der Waals surface area (Å²) in [7, 11) is 1.64. The maximum atomic E-state index is 8.92. The predicted molar refractivity (Wildman–Crippen MR) is 79.8 cm³/mol. The maximum Gasteiger partial charge on any atom is 0.172 e. The van der Waals surface area contributed by atoms with Crippen molar-refractivity contribution in [1.82, 2.24) is 4.90 Å². The summed E-state index contributed by atoms with van der Waals surface area (Å²) in [4.78, 5) is 4.65. The molecule has 1 aliphatic heterocycles. The van der Waals surface area contributed by atoms with Crippen molar-refractivity contribution in [1.29, 1.82) is 0 Å². The van der Waals surface area contributed by atoms with Crippen molar-refractivity contribution in [2.45, 2.75) is 6.92 Å². The first-order valence-corrected chi connectivity index (χ1v) is 6.82. The average molecular weight is 278 g/mol. The van der Waals surface area contributed by atoms with E-state index in [1.807, 2.05) is 18.2 Å². The van der Waals surface area contributed by atoms with Crippen LogP contribution in [-0.4, -0.2) is 55.8 Å². The molecule has 0 spiro atoms. The number of anilines is 1. The second kappa shape index (κ2) is 6.47. The number of rotatable bonds is 4. The second-order valence-corrected chi connectivity index (χ2v) is 4.79. The summed E-state index contributed by atoms with van der Waals surface area (Å²) in [6.45, 7) is 7.12. The molecule has 1 aromatic rings. The van der Waals surface area contributed by atoms with Gasteiger partial charge in [0.05, 0.1) is 12.8 Å². The highest BCUT2D eigenvalue weighted by atomic mass is 16.5. The largest absolute Gasteiger partial charge is 0.497 e. The summed E-state index contributed by atoms with van der Waals surface area (Å²) < 4.78 is 5.28. The number of likely N-dealkylation sites (N-methyl/N-ethyl adjacent to an activating group) is 1. The molecule has 2 rings (SSSR count). The van der Waals surface area contributed by atoms with Crippen LogP contribution in [-0.2, 0) is 0 Å². The molecule has 1 saturated heterocycles. The van der Waals surface area contributed by atoms with Crippen LogP contribution in [0.4, 0.5) is 5.69 Å². The van der Waals surface area contributed by atoms with E-state index in [4.69, 9.17) is 15.7 Å². The number of ether oxygens (including phenoxy) is 1. The SMILES string of the molecule is CCN1CCN(c2cc(OC)ccc2/C(N)=N/O)CC1. The van der Waals surface area contributed by atoms with E-state index in [1.165, 1.54) is 0 Å². The molecule has 0 unspecified atom stereocenters. The van der Waals surface area contributed by atoms with E-state index in [1.54, 1.807) is 7.11 Å². The van der Waals surface area contributed by atoms with Crippen LogP contribution in [0.3, 0.4) is 0 Å². The first kappa shape index (κ1) is 14.5. The summed E-state index contributed by atoms with van der Waals surface area (Å²) in [6.07, 6.45) is 0. The lowest BCUT2D eigenvalue weighted by molar-refractivity contribution is 0.271. The zero-order chi connectivity index (χ0) is 14.5. The predicted octanol–water partition coefficient (Wildman–Crippen LogP) is 0.932. The Kier molecular flexibility index (Phi) is 4.68. The van der Waals surface area contributed by atoms with Gasteiger partial charge < -0.3 is 25.5 Å². The minimum atomic E-state index is 0.126. The molecule has 1 aliphatic rings. The molecule has 1 heterocycles. The molecule has 20 heavy (non-hydrogen) atoms. The number of hydrogen-bond donors (Lipinski definition) is 2. The average Bonchev–Trinajstić information content (AvgIpc) is 2.53. The van der Waals surface area contributed by atoms with Gasteiger partial charge in [-0.2, -0.15) is 0 Å². The Morgan fingerprint density at radius 3 is 2.60 bits per heavy atom. The van der Waals surface area contributed by atoms with Crippen molar-refractivity contribution < 1.29 is 9.94 Å². The second-order valence-electron chi connectivity index (χ2n) is 4.79. The summed E-state index contributed by atoms with van der Waals surface area (Å²) in [5, 5.41) is 12.0. The van der Waals surface area contributed by atoms with Crippen molar-refractivity contribution >= 4 is 11.5 Å². The lowest BCUT2D eigenvalue weighted by Crippen LogP contribution is -2.46. The molecule has 3 N–H and O–H groups in total. The number of piperazine rings is 1. The Bertz CT molecular complexity index is 482. The molecule has 0 aliphatic carbocycles. The molecule has 6 heteroatoms. The zero-order valence-corrected chi connectivity index (χ0v) is 12.0. The molecule has 0 amide bonds. The van der Waals surface area contributed by atoms with Crippen LogP contribution in [0.15, 0.2) is 23.4 Å². The van der Waals surface area contributed by atoms with Gasteiger partial charge in [0.2, 0.25) is 0 Å². The van der Waals surface area contributed by atoms with Crippen LogP contribution >= 0.6 is 0 Å².